The molecule has 2 aromatic rings. The Morgan fingerprint density at radius 1 is 1.53 bits per heavy atom. The third kappa shape index (κ3) is 2.67. The van der Waals surface area contributed by atoms with Crippen molar-refractivity contribution in [1.82, 2.24) is 4.57 Å². The summed E-state index contributed by atoms with van der Waals surface area (Å²) in [6.07, 6.45) is 2.66. The fourth-order valence-electron chi connectivity index (χ4n) is 1.77. The SMILES string of the molecule is CN(C/C=C/C(=O)O)c1ccc2oc(=O)n(C)c2c1. The number of aliphatic carboxylic acids is 1. The van der Waals surface area contributed by atoms with E-state index in [9.17, 15) is 9.59 Å². The Hall–Kier alpha value is -2.50. The maximum absolute atomic E-state index is 11.4. The van der Waals surface area contributed by atoms with Gasteiger partial charge < -0.3 is 14.4 Å². The molecule has 0 aliphatic carbocycles. The van der Waals surface area contributed by atoms with Crippen LogP contribution in [0.5, 0.6) is 0 Å². The van der Waals surface area contributed by atoms with E-state index in [2.05, 4.69) is 0 Å². The summed E-state index contributed by atoms with van der Waals surface area (Å²) >= 11 is 0. The van der Waals surface area contributed by atoms with E-state index in [1.165, 1.54) is 4.57 Å². The number of carboxylic acid groups (broad SMARTS) is 1. The van der Waals surface area contributed by atoms with Crippen LogP contribution >= 0.6 is 0 Å². The zero-order chi connectivity index (χ0) is 14.0. The quantitative estimate of drug-likeness (QED) is 0.838. The molecule has 0 bridgehead atoms. The number of oxazole rings is 1. The average Bonchev–Trinajstić information content (AvgIpc) is 2.64. The molecule has 6 heteroatoms. The van der Waals surface area contributed by atoms with E-state index in [-0.39, 0.29) is 0 Å². The van der Waals surface area contributed by atoms with Crippen LogP contribution in [0.2, 0.25) is 0 Å². The third-order valence-corrected chi connectivity index (χ3v) is 2.86. The van der Waals surface area contributed by atoms with Crippen LogP contribution in [-0.4, -0.2) is 29.2 Å². The zero-order valence-corrected chi connectivity index (χ0v) is 10.7. The standard InChI is InChI=1S/C13H14N2O4/c1-14(7-3-4-12(16)17)9-5-6-11-10(8-9)15(2)13(18)19-11/h3-6,8H,7H2,1-2H3,(H,16,17)/b4-3+. The molecule has 0 saturated carbocycles. The number of anilines is 1. The number of hydrogen-bond acceptors (Lipinski definition) is 4. The van der Waals surface area contributed by atoms with Gasteiger partial charge in [-0.05, 0) is 18.2 Å². The van der Waals surface area contributed by atoms with Crippen molar-refractivity contribution >= 4 is 22.8 Å². The number of fused-ring (bicyclic) bond motifs is 1. The summed E-state index contributed by atoms with van der Waals surface area (Å²) in [6, 6.07) is 5.37. The second kappa shape index (κ2) is 5.01. The molecule has 0 atom stereocenters. The first kappa shape index (κ1) is 12.9. The molecule has 6 nitrogen and oxygen atoms in total. The molecule has 1 aromatic heterocycles. The Balaban J connectivity index is 2.27. The molecule has 100 valence electrons. The minimum absolute atomic E-state index is 0.402. The molecular formula is C13H14N2O4. The molecule has 1 aromatic carbocycles. The minimum Gasteiger partial charge on any atom is -0.478 e. The first-order valence-corrected chi connectivity index (χ1v) is 5.69. The van der Waals surface area contributed by atoms with Crippen LogP contribution in [0.3, 0.4) is 0 Å². The Labute approximate surface area is 109 Å². The number of nitrogens with zero attached hydrogens (tertiary/aromatic N) is 2. The minimum atomic E-state index is -0.971. The summed E-state index contributed by atoms with van der Waals surface area (Å²) in [5.74, 6) is -1.37. The molecule has 0 aliphatic heterocycles. The van der Waals surface area contributed by atoms with E-state index in [0.29, 0.717) is 17.6 Å². The van der Waals surface area contributed by atoms with Gasteiger partial charge in [0.2, 0.25) is 0 Å². The van der Waals surface area contributed by atoms with Crippen molar-refractivity contribution in [3.05, 3.63) is 40.9 Å². The second-order valence-corrected chi connectivity index (χ2v) is 4.20. The van der Waals surface area contributed by atoms with E-state index in [1.807, 2.05) is 24.1 Å². The highest BCUT2D eigenvalue weighted by Crippen LogP contribution is 2.20. The van der Waals surface area contributed by atoms with Gasteiger partial charge >= 0.3 is 11.7 Å². The van der Waals surface area contributed by atoms with E-state index >= 15 is 0 Å². The Morgan fingerprint density at radius 3 is 2.95 bits per heavy atom. The lowest BCUT2D eigenvalue weighted by Gasteiger charge is -2.16. The molecule has 0 fully saturated rings. The highest BCUT2D eigenvalue weighted by Gasteiger charge is 2.08. The van der Waals surface area contributed by atoms with Crippen molar-refractivity contribution in [2.24, 2.45) is 7.05 Å². The summed E-state index contributed by atoms with van der Waals surface area (Å²) < 4.78 is 6.47. The normalized spacial score (nSPS) is 11.3. The molecule has 1 N–H and O–H groups in total. The topological polar surface area (TPSA) is 75.7 Å². The van der Waals surface area contributed by atoms with Crippen LogP contribution in [0.25, 0.3) is 11.1 Å². The van der Waals surface area contributed by atoms with Crippen molar-refractivity contribution < 1.29 is 14.3 Å². The Bertz CT molecular complexity index is 696. The van der Waals surface area contributed by atoms with Crippen molar-refractivity contribution in [3.8, 4) is 0 Å². The summed E-state index contributed by atoms with van der Waals surface area (Å²) in [5.41, 5.74) is 2.11. The molecule has 19 heavy (non-hydrogen) atoms. The van der Waals surface area contributed by atoms with Crippen LogP contribution in [0.1, 0.15) is 0 Å². The van der Waals surface area contributed by atoms with Crippen LogP contribution in [-0.2, 0) is 11.8 Å². The largest absolute Gasteiger partial charge is 0.478 e. The van der Waals surface area contributed by atoms with Crippen LogP contribution in [0.4, 0.5) is 5.69 Å². The summed E-state index contributed by atoms with van der Waals surface area (Å²) in [4.78, 5) is 23.6. The molecule has 0 aliphatic rings. The van der Waals surface area contributed by atoms with E-state index < -0.39 is 11.7 Å². The highest BCUT2D eigenvalue weighted by molar-refractivity contribution is 5.80. The molecule has 0 radical (unpaired) electrons. The van der Waals surface area contributed by atoms with Gasteiger partial charge in [0, 0.05) is 32.4 Å². The summed E-state index contributed by atoms with van der Waals surface area (Å²) in [7, 11) is 3.48. The van der Waals surface area contributed by atoms with Gasteiger partial charge in [0.05, 0.1) is 5.52 Å². The number of rotatable bonds is 4. The lowest BCUT2D eigenvalue weighted by Crippen LogP contribution is -2.17. The number of carbonyl (C=O) groups is 1. The molecule has 1 heterocycles. The van der Waals surface area contributed by atoms with Crippen molar-refractivity contribution in [1.29, 1.82) is 0 Å². The maximum Gasteiger partial charge on any atom is 0.419 e. The van der Waals surface area contributed by atoms with Gasteiger partial charge in [0.1, 0.15) is 0 Å². The number of aromatic nitrogens is 1. The predicted molar refractivity (Wildman–Crippen MR) is 71.5 cm³/mol. The lowest BCUT2D eigenvalue weighted by atomic mass is 10.2. The van der Waals surface area contributed by atoms with Crippen LogP contribution in [0.15, 0.2) is 39.6 Å². The van der Waals surface area contributed by atoms with Gasteiger partial charge in [-0.3, -0.25) is 4.57 Å². The van der Waals surface area contributed by atoms with Gasteiger partial charge in [0.25, 0.3) is 0 Å². The average molecular weight is 262 g/mol. The number of likely N-dealkylation sites (N-methyl/N-ethyl adjacent to an activating group) is 1. The fourth-order valence-corrected chi connectivity index (χ4v) is 1.77. The molecule has 0 unspecified atom stereocenters. The first-order valence-electron chi connectivity index (χ1n) is 5.69. The monoisotopic (exact) mass is 262 g/mol. The van der Waals surface area contributed by atoms with Gasteiger partial charge in [-0.2, -0.15) is 0 Å². The number of carboxylic acids is 1. The van der Waals surface area contributed by atoms with Crippen LogP contribution < -0.4 is 10.7 Å². The maximum atomic E-state index is 11.4. The van der Waals surface area contributed by atoms with Gasteiger partial charge in [-0.25, -0.2) is 9.59 Å². The zero-order valence-electron chi connectivity index (χ0n) is 10.7. The van der Waals surface area contributed by atoms with Crippen molar-refractivity contribution in [2.45, 2.75) is 0 Å². The molecular weight excluding hydrogens is 248 g/mol. The molecule has 0 spiro atoms. The predicted octanol–water partition coefficient (Wildman–Crippen LogP) is 1.21. The fraction of sp³-hybridized carbons (Fsp3) is 0.231. The molecule has 2 rings (SSSR count). The number of benzene rings is 1. The highest BCUT2D eigenvalue weighted by atomic mass is 16.4. The van der Waals surface area contributed by atoms with Gasteiger partial charge in [-0.15, -0.1) is 0 Å². The van der Waals surface area contributed by atoms with E-state index in [1.54, 1.807) is 19.2 Å². The van der Waals surface area contributed by atoms with Gasteiger partial charge in [0.15, 0.2) is 5.58 Å². The smallest absolute Gasteiger partial charge is 0.419 e. The first-order chi connectivity index (χ1) is 8.99. The van der Waals surface area contributed by atoms with Crippen molar-refractivity contribution in [3.63, 3.8) is 0 Å². The van der Waals surface area contributed by atoms with E-state index in [0.717, 1.165) is 11.8 Å². The molecule has 0 amide bonds. The Kier molecular flexibility index (Phi) is 3.41. The van der Waals surface area contributed by atoms with Crippen LogP contribution in [0, 0.1) is 0 Å². The summed E-state index contributed by atoms with van der Waals surface area (Å²) in [5, 5.41) is 8.52. The third-order valence-electron chi connectivity index (χ3n) is 2.86. The lowest BCUT2D eigenvalue weighted by molar-refractivity contribution is -0.131. The number of hydrogen-bond donors (Lipinski definition) is 1. The number of aryl methyl sites for hydroxylation is 1. The summed E-state index contributed by atoms with van der Waals surface area (Å²) in [6.45, 7) is 0.462. The van der Waals surface area contributed by atoms with Crippen molar-refractivity contribution in [2.75, 3.05) is 18.5 Å². The second-order valence-electron chi connectivity index (χ2n) is 4.20. The molecule has 0 saturated heterocycles. The Morgan fingerprint density at radius 2 is 2.26 bits per heavy atom. The van der Waals surface area contributed by atoms with E-state index in [4.69, 9.17) is 9.52 Å². The van der Waals surface area contributed by atoms with Gasteiger partial charge in [-0.1, -0.05) is 6.08 Å².